The maximum absolute atomic E-state index is 10.8. The van der Waals surface area contributed by atoms with Gasteiger partial charge in [-0.1, -0.05) is 41.4 Å². The number of morpholine rings is 1. The molecule has 2 aromatic carbocycles. The average molecular weight is 463 g/mol. The summed E-state index contributed by atoms with van der Waals surface area (Å²) < 4.78 is 5.87. The lowest BCUT2D eigenvalue weighted by Gasteiger charge is -2.32. The number of nitrogens with zero attached hydrogens (tertiary/aromatic N) is 1. The first kappa shape index (κ1) is 23.3. The lowest BCUT2D eigenvalue weighted by atomic mass is 10.1. The topological polar surface area (TPSA) is 49.8 Å². The monoisotopic (exact) mass is 461 g/mol. The third-order valence-electron chi connectivity index (χ3n) is 4.49. The minimum Gasteiger partial charge on any atom is -0.481 e. The molecule has 152 valence electrons. The second-order valence-corrected chi connectivity index (χ2v) is 8.22. The first-order valence-electron chi connectivity index (χ1n) is 8.74. The predicted octanol–water partition coefficient (Wildman–Crippen LogP) is 5.56. The third kappa shape index (κ3) is 6.55. The number of carboxylic acid groups (broad SMARTS) is 1. The molecule has 1 heterocycles. The van der Waals surface area contributed by atoms with Crippen LogP contribution in [0, 0.1) is 0 Å². The lowest BCUT2D eigenvalue weighted by molar-refractivity contribution is -0.137. The summed E-state index contributed by atoms with van der Waals surface area (Å²) in [4.78, 5) is 14.0. The highest BCUT2D eigenvalue weighted by Crippen LogP contribution is 2.32. The van der Waals surface area contributed by atoms with Crippen LogP contribution >= 0.6 is 47.4 Å². The SMILES string of the molecule is Cl.O=C(O)CCN1CCOC(c2ccc(SCc3c(Cl)cccc3Cl)cc2)C1. The second-order valence-electron chi connectivity index (χ2n) is 6.36. The number of benzene rings is 2. The molecule has 1 fully saturated rings. The largest absolute Gasteiger partial charge is 0.481 e. The van der Waals surface area contributed by atoms with Crippen molar-refractivity contribution < 1.29 is 14.6 Å². The maximum Gasteiger partial charge on any atom is 0.304 e. The van der Waals surface area contributed by atoms with E-state index in [2.05, 4.69) is 29.2 Å². The van der Waals surface area contributed by atoms with Crippen molar-refractivity contribution >= 4 is 53.3 Å². The van der Waals surface area contributed by atoms with Gasteiger partial charge in [-0.2, -0.15) is 0 Å². The van der Waals surface area contributed by atoms with Crippen LogP contribution in [0.1, 0.15) is 23.7 Å². The van der Waals surface area contributed by atoms with Gasteiger partial charge in [0.05, 0.1) is 19.1 Å². The van der Waals surface area contributed by atoms with E-state index < -0.39 is 5.97 Å². The van der Waals surface area contributed by atoms with E-state index in [1.807, 2.05) is 18.2 Å². The van der Waals surface area contributed by atoms with Gasteiger partial charge in [-0.15, -0.1) is 24.2 Å². The molecule has 0 bridgehead atoms. The molecule has 0 aliphatic carbocycles. The number of rotatable bonds is 7. The van der Waals surface area contributed by atoms with Crippen molar-refractivity contribution in [2.24, 2.45) is 0 Å². The van der Waals surface area contributed by atoms with Crippen LogP contribution < -0.4 is 0 Å². The molecule has 2 aromatic rings. The van der Waals surface area contributed by atoms with Crippen molar-refractivity contribution in [3.05, 3.63) is 63.6 Å². The van der Waals surface area contributed by atoms with Crippen molar-refractivity contribution in [2.45, 2.75) is 23.2 Å². The molecule has 1 saturated heterocycles. The van der Waals surface area contributed by atoms with Crippen LogP contribution in [-0.4, -0.2) is 42.2 Å². The highest BCUT2D eigenvalue weighted by atomic mass is 35.5. The summed E-state index contributed by atoms with van der Waals surface area (Å²) >= 11 is 14.1. The summed E-state index contributed by atoms with van der Waals surface area (Å²) in [5.41, 5.74) is 2.05. The highest BCUT2D eigenvalue weighted by Gasteiger charge is 2.22. The third-order valence-corrected chi connectivity index (χ3v) is 6.24. The van der Waals surface area contributed by atoms with Gasteiger partial charge in [0.1, 0.15) is 0 Å². The van der Waals surface area contributed by atoms with Gasteiger partial charge in [-0.25, -0.2) is 0 Å². The van der Waals surface area contributed by atoms with Crippen LogP contribution in [0.15, 0.2) is 47.4 Å². The molecule has 1 atom stereocenters. The number of thioether (sulfide) groups is 1. The number of carbonyl (C=O) groups is 1. The number of carboxylic acids is 1. The standard InChI is InChI=1S/C20H21Cl2NO3S.ClH/c21-17-2-1-3-18(22)16(17)13-27-15-6-4-14(5-7-15)19-12-23(10-11-26-19)9-8-20(24)25;/h1-7,19H,8-13H2,(H,24,25);1H. The smallest absolute Gasteiger partial charge is 0.304 e. The van der Waals surface area contributed by atoms with Gasteiger partial charge in [0.2, 0.25) is 0 Å². The van der Waals surface area contributed by atoms with Gasteiger partial charge >= 0.3 is 5.97 Å². The van der Waals surface area contributed by atoms with E-state index in [1.165, 1.54) is 0 Å². The molecule has 4 nitrogen and oxygen atoms in total. The van der Waals surface area contributed by atoms with E-state index in [0.29, 0.717) is 28.9 Å². The van der Waals surface area contributed by atoms with Crippen molar-refractivity contribution in [1.82, 2.24) is 4.90 Å². The molecule has 0 radical (unpaired) electrons. The Bertz CT molecular complexity index is 769. The summed E-state index contributed by atoms with van der Waals surface area (Å²) in [6.07, 6.45) is 0.136. The zero-order valence-corrected chi connectivity index (χ0v) is 18.3. The van der Waals surface area contributed by atoms with E-state index in [1.54, 1.807) is 11.8 Å². The quantitative estimate of drug-likeness (QED) is 0.546. The number of hydrogen-bond acceptors (Lipinski definition) is 4. The van der Waals surface area contributed by atoms with E-state index in [0.717, 1.165) is 29.1 Å². The zero-order chi connectivity index (χ0) is 19.2. The summed E-state index contributed by atoms with van der Waals surface area (Å²) in [5, 5.41) is 10.2. The molecule has 28 heavy (non-hydrogen) atoms. The number of halogens is 3. The lowest BCUT2D eigenvalue weighted by Crippen LogP contribution is -2.39. The number of aliphatic carboxylic acids is 1. The summed E-state index contributed by atoms with van der Waals surface area (Å²) in [7, 11) is 0. The van der Waals surface area contributed by atoms with Crippen LogP contribution in [0.3, 0.4) is 0 Å². The minimum atomic E-state index is -0.766. The first-order chi connectivity index (χ1) is 13.0. The fraction of sp³-hybridized carbons (Fsp3) is 0.350. The Labute approximate surface area is 185 Å². The summed E-state index contributed by atoms with van der Waals surface area (Å²) in [5.74, 6) is -0.0566. The molecule has 1 aliphatic rings. The van der Waals surface area contributed by atoms with Crippen LogP contribution in [0.25, 0.3) is 0 Å². The Kier molecular flexibility index (Phi) is 9.41. The Balaban J connectivity index is 0.00000280. The predicted molar refractivity (Wildman–Crippen MR) is 117 cm³/mol. The van der Waals surface area contributed by atoms with E-state index >= 15 is 0 Å². The Morgan fingerprint density at radius 3 is 2.50 bits per heavy atom. The molecule has 1 aliphatic heterocycles. The van der Waals surface area contributed by atoms with Crippen molar-refractivity contribution in [2.75, 3.05) is 26.2 Å². The maximum atomic E-state index is 10.8. The van der Waals surface area contributed by atoms with Gasteiger partial charge in [-0.3, -0.25) is 9.69 Å². The van der Waals surface area contributed by atoms with Gasteiger partial charge in [0.25, 0.3) is 0 Å². The fourth-order valence-corrected chi connectivity index (χ4v) is 4.61. The molecular formula is C20H22Cl3NO3S. The van der Waals surface area contributed by atoms with Crippen molar-refractivity contribution in [3.8, 4) is 0 Å². The molecule has 3 rings (SSSR count). The number of hydrogen-bond donors (Lipinski definition) is 1. The Hall–Kier alpha value is -0.950. The normalized spacial score (nSPS) is 17.1. The fourth-order valence-electron chi connectivity index (χ4n) is 2.97. The van der Waals surface area contributed by atoms with Crippen molar-refractivity contribution in [3.63, 3.8) is 0 Å². The van der Waals surface area contributed by atoms with Crippen LogP contribution in [0.4, 0.5) is 0 Å². The molecule has 0 aromatic heterocycles. The van der Waals surface area contributed by atoms with Gasteiger partial charge in [-0.05, 0) is 35.4 Å². The van der Waals surface area contributed by atoms with Gasteiger partial charge in [0, 0.05) is 40.3 Å². The zero-order valence-electron chi connectivity index (χ0n) is 15.1. The first-order valence-corrected chi connectivity index (χ1v) is 10.5. The molecule has 8 heteroatoms. The van der Waals surface area contributed by atoms with E-state index in [4.69, 9.17) is 33.0 Å². The molecule has 1 unspecified atom stereocenters. The van der Waals surface area contributed by atoms with Crippen LogP contribution in [0.2, 0.25) is 10.0 Å². The average Bonchev–Trinajstić information content (AvgIpc) is 2.67. The molecule has 0 saturated carbocycles. The van der Waals surface area contributed by atoms with E-state index in [9.17, 15) is 4.79 Å². The van der Waals surface area contributed by atoms with Crippen LogP contribution in [0.5, 0.6) is 0 Å². The van der Waals surface area contributed by atoms with Gasteiger partial charge in [0.15, 0.2) is 0 Å². The summed E-state index contributed by atoms with van der Waals surface area (Å²) in [6, 6.07) is 13.8. The molecule has 0 amide bonds. The minimum absolute atomic E-state index is 0. The molecule has 1 N–H and O–H groups in total. The van der Waals surface area contributed by atoms with Crippen LogP contribution in [-0.2, 0) is 15.3 Å². The van der Waals surface area contributed by atoms with E-state index in [-0.39, 0.29) is 24.9 Å². The van der Waals surface area contributed by atoms with Crippen molar-refractivity contribution in [1.29, 1.82) is 0 Å². The Morgan fingerprint density at radius 1 is 1.18 bits per heavy atom. The second kappa shape index (κ2) is 11.3. The van der Waals surface area contributed by atoms with Gasteiger partial charge < -0.3 is 9.84 Å². The number of ether oxygens (including phenoxy) is 1. The molecule has 0 spiro atoms. The Morgan fingerprint density at radius 2 is 1.86 bits per heavy atom. The highest BCUT2D eigenvalue weighted by molar-refractivity contribution is 7.98. The molecular weight excluding hydrogens is 441 g/mol. The summed E-state index contributed by atoms with van der Waals surface area (Å²) in [6.45, 7) is 2.67.